The second kappa shape index (κ2) is 13.1. The van der Waals surface area contributed by atoms with Crippen molar-refractivity contribution in [3.05, 3.63) is 53.6 Å². The standard InChI is InChI=1S/C23H30N4O4S.C2HF3O2/c1-17-4-7-20(8-5-17)32(29,30)26-21-15-18(23(28)25-16-19-3-2-14-31-19)6-9-22(21)27-12-10-24-11-13-27;3-2(4,5)1(6)7/h4-9,15,19,24,26H,2-3,10-14,16H2,1H3,(H,25,28);(H,6,7). The molecule has 2 heterocycles. The molecule has 4 N–H and O–H groups in total. The van der Waals surface area contributed by atoms with Crippen LogP contribution < -0.4 is 20.3 Å². The van der Waals surface area contributed by atoms with Crippen LogP contribution in [0.2, 0.25) is 0 Å². The number of carboxylic acid groups (broad SMARTS) is 1. The monoisotopic (exact) mass is 572 g/mol. The van der Waals surface area contributed by atoms with Crippen molar-refractivity contribution >= 4 is 33.3 Å². The molecule has 0 spiro atoms. The number of ether oxygens (including phenoxy) is 1. The number of nitrogens with zero attached hydrogens (tertiary/aromatic N) is 1. The fourth-order valence-corrected chi connectivity index (χ4v) is 5.04. The van der Waals surface area contributed by atoms with Gasteiger partial charge in [-0.2, -0.15) is 13.2 Å². The molecular weight excluding hydrogens is 541 g/mol. The Morgan fingerprint density at radius 2 is 1.77 bits per heavy atom. The first-order valence-electron chi connectivity index (χ1n) is 12.3. The van der Waals surface area contributed by atoms with Gasteiger partial charge in [-0.1, -0.05) is 17.7 Å². The van der Waals surface area contributed by atoms with Gasteiger partial charge in [0.05, 0.1) is 22.4 Å². The third-order valence-corrected chi connectivity index (χ3v) is 7.43. The van der Waals surface area contributed by atoms with E-state index in [1.165, 1.54) is 0 Å². The molecule has 2 aromatic carbocycles. The molecule has 2 aliphatic heterocycles. The average Bonchev–Trinajstić information content (AvgIpc) is 3.41. The molecule has 1 amide bonds. The molecule has 2 fully saturated rings. The van der Waals surface area contributed by atoms with Gasteiger partial charge in [-0.15, -0.1) is 0 Å². The van der Waals surface area contributed by atoms with E-state index in [-0.39, 0.29) is 16.9 Å². The molecule has 1 atom stereocenters. The van der Waals surface area contributed by atoms with E-state index in [9.17, 15) is 26.4 Å². The minimum absolute atomic E-state index is 0.0404. The van der Waals surface area contributed by atoms with E-state index < -0.39 is 22.2 Å². The predicted molar refractivity (Wildman–Crippen MR) is 139 cm³/mol. The van der Waals surface area contributed by atoms with Crippen molar-refractivity contribution in [1.29, 1.82) is 0 Å². The number of nitrogens with one attached hydrogen (secondary N) is 3. The van der Waals surface area contributed by atoms with Gasteiger partial charge in [0.25, 0.3) is 15.9 Å². The van der Waals surface area contributed by atoms with Gasteiger partial charge in [0.1, 0.15) is 0 Å². The van der Waals surface area contributed by atoms with Gasteiger partial charge >= 0.3 is 12.1 Å². The summed E-state index contributed by atoms with van der Waals surface area (Å²) in [4.78, 5) is 23.9. The summed E-state index contributed by atoms with van der Waals surface area (Å²) in [5, 5.41) is 13.3. The van der Waals surface area contributed by atoms with Crippen molar-refractivity contribution in [2.75, 3.05) is 49.0 Å². The molecule has 0 aromatic heterocycles. The molecule has 2 aliphatic rings. The van der Waals surface area contributed by atoms with Gasteiger partial charge in [0.15, 0.2) is 0 Å². The Hall–Kier alpha value is -3.36. The van der Waals surface area contributed by atoms with Crippen molar-refractivity contribution in [2.45, 2.75) is 36.9 Å². The molecule has 10 nitrogen and oxygen atoms in total. The molecule has 4 rings (SSSR count). The quantitative estimate of drug-likeness (QED) is 0.398. The summed E-state index contributed by atoms with van der Waals surface area (Å²) in [6, 6.07) is 11.9. The number of sulfonamides is 1. The Morgan fingerprint density at radius 1 is 1.13 bits per heavy atom. The highest BCUT2D eigenvalue weighted by Crippen LogP contribution is 2.30. The number of hydrogen-bond donors (Lipinski definition) is 4. The van der Waals surface area contributed by atoms with Crippen LogP contribution in [0.5, 0.6) is 0 Å². The highest BCUT2D eigenvalue weighted by Gasteiger charge is 2.38. The number of carbonyl (C=O) groups excluding carboxylic acids is 1. The van der Waals surface area contributed by atoms with Crippen LogP contribution >= 0.6 is 0 Å². The zero-order chi connectivity index (χ0) is 28.6. The summed E-state index contributed by atoms with van der Waals surface area (Å²) in [5.41, 5.74) is 2.55. The van der Waals surface area contributed by atoms with Crippen molar-refractivity contribution in [1.82, 2.24) is 10.6 Å². The molecule has 2 aromatic rings. The summed E-state index contributed by atoms with van der Waals surface area (Å²) in [7, 11) is -3.80. The minimum atomic E-state index is -5.08. The highest BCUT2D eigenvalue weighted by molar-refractivity contribution is 7.92. The van der Waals surface area contributed by atoms with Crippen LogP contribution in [-0.2, 0) is 19.6 Å². The Balaban J connectivity index is 0.000000532. The van der Waals surface area contributed by atoms with E-state index in [1.807, 2.05) is 13.0 Å². The van der Waals surface area contributed by atoms with Crippen LogP contribution in [0.3, 0.4) is 0 Å². The van der Waals surface area contributed by atoms with E-state index in [1.54, 1.807) is 36.4 Å². The summed E-state index contributed by atoms with van der Waals surface area (Å²) in [6.07, 6.45) is -3.10. The van der Waals surface area contributed by atoms with Crippen LogP contribution in [0.25, 0.3) is 0 Å². The highest BCUT2D eigenvalue weighted by atomic mass is 32.2. The summed E-state index contributed by atoms with van der Waals surface area (Å²) in [5.74, 6) is -3.00. The zero-order valence-electron chi connectivity index (χ0n) is 21.3. The second-order valence-corrected chi connectivity index (χ2v) is 10.7. The van der Waals surface area contributed by atoms with E-state index >= 15 is 0 Å². The third kappa shape index (κ3) is 8.83. The number of benzene rings is 2. The number of piperazine rings is 1. The van der Waals surface area contributed by atoms with Crippen LogP contribution in [0, 0.1) is 6.92 Å². The van der Waals surface area contributed by atoms with Gasteiger partial charge in [0.2, 0.25) is 0 Å². The van der Waals surface area contributed by atoms with Crippen LogP contribution in [0.1, 0.15) is 28.8 Å². The smallest absolute Gasteiger partial charge is 0.475 e. The number of amides is 1. The van der Waals surface area contributed by atoms with E-state index in [4.69, 9.17) is 14.6 Å². The largest absolute Gasteiger partial charge is 0.490 e. The van der Waals surface area contributed by atoms with E-state index in [0.717, 1.165) is 56.9 Å². The Bertz CT molecular complexity index is 1240. The first-order valence-corrected chi connectivity index (χ1v) is 13.7. The topological polar surface area (TPSA) is 137 Å². The first-order chi connectivity index (χ1) is 18.4. The Morgan fingerprint density at radius 3 is 2.33 bits per heavy atom. The Kier molecular flexibility index (Phi) is 10.2. The number of aryl methyl sites for hydroxylation is 1. The molecule has 39 heavy (non-hydrogen) atoms. The van der Waals surface area contributed by atoms with Crippen LogP contribution in [0.4, 0.5) is 24.5 Å². The van der Waals surface area contributed by atoms with Crippen molar-refractivity contribution in [3.63, 3.8) is 0 Å². The minimum Gasteiger partial charge on any atom is -0.475 e. The SMILES string of the molecule is Cc1ccc(S(=O)(=O)Nc2cc(C(=O)NCC3CCCO3)ccc2N2CCNCC2)cc1.O=C(O)C(F)(F)F. The number of anilines is 2. The summed E-state index contributed by atoms with van der Waals surface area (Å²) < 4.78 is 66.2. The van der Waals surface area contributed by atoms with Crippen molar-refractivity contribution in [3.8, 4) is 0 Å². The summed E-state index contributed by atoms with van der Waals surface area (Å²) in [6.45, 7) is 6.22. The van der Waals surface area contributed by atoms with E-state index in [2.05, 4.69) is 20.3 Å². The van der Waals surface area contributed by atoms with Gasteiger partial charge in [-0.25, -0.2) is 13.2 Å². The van der Waals surface area contributed by atoms with E-state index in [0.29, 0.717) is 17.8 Å². The molecule has 0 bridgehead atoms. The number of alkyl halides is 3. The maximum atomic E-state index is 13.1. The maximum absolute atomic E-state index is 13.1. The van der Waals surface area contributed by atoms with Crippen LogP contribution in [-0.4, -0.2) is 77.0 Å². The summed E-state index contributed by atoms with van der Waals surface area (Å²) >= 11 is 0. The van der Waals surface area contributed by atoms with Crippen molar-refractivity contribution < 1.29 is 41.0 Å². The molecule has 2 saturated heterocycles. The molecule has 0 radical (unpaired) electrons. The zero-order valence-corrected chi connectivity index (χ0v) is 22.1. The molecular formula is C25H31F3N4O6S. The normalized spacial score (nSPS) is 17.6. The fourth-order valence-electron chi connectivity index (χ4n) is 3.98. The number of hydrogen-bond acceptors (Lipinski definition) is 7. The lowest BCUT2D eigenvalue weighted by Crippen LogP contribution is -2.43. The molecule has 14 heteroatoms. The maximum Gasteiger partial charge on any atom is 0.490 e. The third-order valence-electron chi connectivity index (χ3n) is 6.05. The number of carboxylic acids is 1. The van der Waals surface area contributed by atoms with Crippen LogP contribution in [0.15, 0.2) is 47.4 Å². The van der Waals surface area contributed by atoms with Gasteiger partial charge in [0, 0.05) is 44.9 Å². The number of carbonyl (C=O) groups is 2. The average molecular weight is 573 g/mol. The molecule has 0 aliphatic carbocycles. The molecule has 214 valence electrons. The van der Waals surface area contributed by atoms with Crippen molar-refractivity contribution in [2.24, 2.45) is 0 Å². The van der Waals surface area contributed by atoms with Gasteiger partial charge in [-0.05, 0) is 50.1 Å². The lowest BCUT2D eigenvalue weighted by molar-refractivity contribution is -0.192. The first kappa shape index (κ1) is 30.2. The lowest BCUT2D eigenvalue weighted by Gasteiger charge is -2.31. The number of aliphatic carboxylic acids is 1. The second-order valence-electron chi connectivity index (χ2n) is 9.04. The lowest BCUT2D eigenvalue weighted by atomic mass is 10.1. The number of rotatable bonds is 7. The van der Waals surface area contributed by atoms with Gasteiger partial charge in [-0.3, -0.25) is 9.52 Å². The molecule has 1 unspecified atom stereocenters. The fraction of sp³-hybridized carbons (Fsp3) is 0.440. The molecule has 0 saturated carbocycles. The van der Waals surface area contributed by atoms with Gasteiger partial charge < -0.3 is 25.4 Å². The number of halogens is 3. The predicted octanol–water partition coefficient (Wildman–Crippen LogP) is 2.75. The Labute approximate surface area is 224 Å².